The maximum atomic E-state index is 9.73. The monoisotopic (exact) mass is 382 g/mol. The molecule has 0 radical (unpaired) electrons. The summed E-state index contributed by atoms with van der Waals surface area (Å²) in [5.74, 6) is 2.01. The standard InChI is InChI=1S/C26H22O3/c1-26(19-7-13-22(27)14-8-19,20-9-15-23(28)16-10-20)21-11-17-25(18-12-21)29-24-5-3-2-4-6-24/h2-18,27-28H,1H3. The predicted molar refractivity (Wildman–Crippen MR) is 115 cm³/mol. The van der Waals surface area contributed by atoms with Gasteiger partial charge in [0.2, 0.25) is 0 Å². The second-order valence-corrected chi connectivity index (χ2v) is 7.16. The zero-order valence-electron chi connectivity index (χ0n) is 16.1. The molecule has 0 saturated heterocycles. The first-order chi connectivity index (χ1) is 14.1. The lowest BCUT2D eigenvalue weighted by Crippen LogP contribution is -2.25. The van der Waals surface area contributed by atoms with Crippen molar-refractivity contribution in [2.45, 2.75) is 12.3 Å². The molecule has 4 rings (SSSR count). The zero-order valence-corrected chi connectivity index (χ0v) is 16.1. The molecule has 0 aliphatic rings. The topological polar surface area (TPSA) is 49.7 Å². The van der Waals surface area contributed by atoms with Crippen LogP contribution < -0.4 is 4.74 Å². The van der Waals surface area contributed by atoms with Crippen LogP contribution in [-0.4, -0.2) is 10.2 Å². The Morgan fingerprint density at radius 3 is 1.34 bits per heavy atom. The smallest absolute Gasteiger partial charge is 0.127 e. The van der Waals surface area contributed by atoms with Crippen molar-refractivity contribution < 1.29 is 14.9 Å². The van der Waals surface area contributed by atoms with Gasteiger partial charge in [0, 0.05) is 5.41 Å². The van der Waals surface area contributed by atoms with Gasteiger partial charge in [-0.15, -0.1) is 0 Å². The van der Waals surface area contributed by atoms with Gasteiger partial charge in [0.25, 0.3) is 0 Å². The third kappa shape index (κ3) is 3.81. The lowest BCUT2D eigenvalue weighted by molar-refractivity contribution is 0.474. The Kier molecular flexibility index (Phi) is 4.96. The van der Waals surface area contributed by atoms with Gasteiger partial charge in [-0.2, -0.15) is 0 Å². The molecule has 0 saturated carbocycles. The molecule has 3 nitrogen and oxygen atoms in total. The van der Waals surface area contributed by atoms with Crippen LogP contribution in [0, 0.1) is 0 Å². The van der Waals surface area contributed by atoms with E-state index in [1.807, 2.05) is 66.7 Å². The molecule has 0 aromatic heterocycles. The summed E-state index contributed by atoms with van der Waals surface area (Å²) in [6, 6.07) is 32.2. The molecule has 4 aromatic rings. The van der Waals surface area contributed by atoms with Crippen molar-refractivity contribution in [2.24, 2.45) is 0 Å². The third-order valence-electron chi connectivity index (χ3n) is 5.30. The van der Waals surface area contributed by atoms with E-state index in [2.05, 4.69) is 19.1 Å². The Morgan fingerprint density at radius 1 is 0.517 bits per heavy atom. The van der Waals surface area contributed by atoms with Gasteiger partial charge in [0.05, 0.1) is 0 Å². The van der Waals surface area contributed by atoms with Crippen molar-refractivity contribution in [3.8, 4) is 23.0 Å². The quantitative estimate of drug-likeness (QED) is 0.401. The van der Waals surface area contributed by atoms with Gasteiger partial charge in [-0.05, 0) is 72.1 Å². The Morgan fingerprint density at radius 2 is 0.897 bits per heavy atom. The van der Waals surface area contributed by atoms with Crippen LogP contribution in [0.1, 0.15) is 23.6 Å². The number of hydrogen-bond donors (Lipinski definition) is 2. The normalized spacial score (nSPS) is 11.2. The second kappa shape index (κ2) is 7.72. The van der Waals surface area contributed by atoms with Crippen LogP contribution in [0.4, 0.5) is 0 Å². The van der Waals surface area contributed by atoms with Crippen molar-refractivity contribution in [3.05, 3.63) is 120 Å². The van der Waals surface area contributed by atoms with Crippen LogP contribution in [0.2, 0.25) is 0 Å². The SMILES string of the molecule is CC(c1ccc(O)cc1)(c1ccc(O)cc1)c1ccc(Oc2ccccc2)cc1. The van der Waals surface area contributed by atoms with Gasteiger partial charge in [-0.3, -0.25) is 0 Å². The van der Waals surface area contributed by atoms with E-state index in [9.17, 15) is 10.2 Å². The lowest BCUT2D eigenvalue weighted by Gasteiger charge is -2.32. The molecule has 0 aliphatic carbocycles. The molecule has 0 atom stereocenters. The van der Waals surface area contributed by atoms with Gasteiger partial charge >= 0.3 is 0 Å². The molecule has 4 aromatic carbocycles. The summed E-state index contributed by atoms with van der Waals surface area (Å²) < 4.78 is 5.92. The number of hydrogen-bond acceptors (Lipinski definition) is 3. The molecule has 0 bridgehead atoms. The second-order valence-electron chi connectivity index (χ2n) is 7.16. The molecule has 0 aliphatic heterocycles. The fourth-order valence-corrected chi connectivity index (χ4v) is 3.57. The van der Waals surface area contributed by atoms with Crippen molar-refractivity contribution in [1.82, 2.24) is 0 Å². The first-order valence-corrected chi connectivity index (χ1v) is 9.48. The number of rotatable bonds is 5. The van der Waals surface area contributed by atoms with Crippen molar-refractivity contribution >= 4 is 0 Å². The van der Waals surface area contributed by atoms with E-state index in [0.29, 0.717) is 0 Å². The molecule has 0 heterocycles. The fraction of sp³-hybridized carbons (Fsp3) is 0.0769. The minimum Gasteiger partial charge on any atom is -0.508 e. The summed E-state index contributed by atoms with van der Waals surface area (Å²) >= 11 is 0. The highest BCUT2D eigenvalue weighted by Gasteiger charge is 2.31. The van der Waals surface area contributed by atoms with E-state index in [-0.39, 0.29) is 11.5 Å². The number of para-hydroxylation sites is 1. The van der Waals surface area contributed by atoms with E-state index in [1.54, 1.807) is 24.3 Å². The molecule has 29 heavy (non-hydrogen) atoms. The summed E-state index contributed by atoms with van der Waals surface area (Å²) in [5.41, 5.74) is 2.69. The van der Waals surface area contributed by atoms with E-state index >= 15 is 0 Å². The van der Waals surface area contributed by atoms with Crippen LogP contribution in [0.5, 0.6) is 23.0 Å². The maximum absolute atomic E-state index is 9.73. The minimum absolute atomic E-state index is 0.230. The van der Waals surface area contributed by atoms with Crippen LogP contribution in [0.3, 0.4) is 0 Å². The largest absolute Gasteiger partial charge is 0.508 e. The fourth-order valence-electron chi connectivity index (χ4n) is 3.57. The Bertz CT molecular complexity index is 1020. The minimum atomic E-state index is -0.466. The van der Waals surface area contributed by atoms with Gasteiger partial charge in [0.15, 0.2) is 0 Å². The number of benzene rings is 4. The highest BCUT2D eigenvalue weighted by Crippen LogP contribution is 2.40. The molecular formula is C26H22O3. The average Bonchev–Trinajstić information content (AvgIpc) is 2.75. The summed E-state index contributed by atoms with van der Waals surface area (Å²) in [7, 11) is 0. The predicted octanol–water partition coefficient (Wildman–Crippen LogP) is 6.24. The number of phenolic OH excluding ortho intramolecular Hbond substituents is 2. The van der Waals surface area contributed by atoms with Gasteiger partial charge in [-0.25, -0.2) is 0 Å². The maximum Gasteiger partial charge on any atom is 0.127 e. The lowest BCUT2D eigenvalue weighted by atomic mass is 9.71. The molecule has 0 amide bonds. The molecule has 3 heteroatoms. The van der Waals surface area contributed by atoms with Gasteiger partial charge in [-0.1, -0.05) is 54.6 Å². The van der Waals surface area contributed by atoms with E-state index in [0.717, 1.165) is 28.2 Å². The highest BCUT2D eigenvalue weighted by atomic mass is 16.5. The van der Waals surface area contributed by atoms with Crippen molar-refractivity contribution in [3.63, 3.8) is 0 Å². The Labute approximate surface area is 170 Å². The van der Waals surface area contributed by atoms with Crippen LogP contribution >= 0.6 is 0 Å². The van der Waals surface area contributed by atoms with E-state index in [4.69, 9.17) is 4.74 Å². The molecular weight excluding hydrogens is 360 g/mol. The van der Waals surface area contributed by atoms with Crippen LogP contribution in [-0.2, 0) is 5.41 Å². The number of aromatic hydroxyl groups is 2. The summed E-state index contributed by atoms with van der Waals surface area (Å²) in [4.78, 5) is 0. The van der Waals surface area contributed by atoms with Gasteiger partial charge in [0.1, 0.15) is 23.0 Å². The highest BCUT2D eigenvalue weighted by molar-refractivity contribution is 5.52. The van der Waals surface area contributed by atoms with Crippen molar-refractivity contribution in [1.29, 1.82) is 0 Å². The van der Waals surface area contributed by atoms with E-state index < -0.39 is 5.41 Å². The summed E-state index contributed by atoms with van der Waals surface area (Å²) in [6.45, 7) is 2.14. The molecule has 2 N–H and O–H groups in total. The number of ether oxygens (including phenoxy) is 1. The Hall–Kier alpha value is -3.72. The molecule has 0 fully saturated rings. The molecule has 0 unspecified atom stereocenters. The first-order valence-electron chi connectivity index (χ1n) is 9.48. The van der Waals surface area contributed by atoms with Crippen LogP contribution in [0.25, 0.3) is 0 Å². The molecule has 144 valence electrons. The van der Waals surface area contributed by atoms with Crippen molar-refractivity contribution in [2.75, 3.05) is 0 Å². The molecule has 0 spiro atoms. The average molecular weight is 382 g/mol. The zero-order chi connectivity index (χ0) is 20.3. The van der Waals surface area contributed by atoms with Gasteiger partial charge < -0.3 is 14.9 Å². The summed E-state index contributed by atoms with van der Waals surface area (Å²) in [6.07, 6.45) is 0. The van der Waals surface area contributed by atoms with Crippen LogP contribution in [0.15, 0.2) is 103 Å². The third-order valence-corrected chi connectivity index (χ3v) is 5.30. The number of phenols is 2. The first kappa shape index (κ1) is 18.6. The summed E-state index contributed by atoms with van der Waals surface area (Å²) in [5, 5.41) is 19.5. The van der Waals surface area contributed by atoms with E-state index in [1.165, 1.54) is 0 Å². The Balaban J connectivity index is 1.75.